The molecule has 1 aliphatic rings. The summed E-state index contributed by atoms with van der Waals surface area (Å²) in [5.74, 6) is -0.165. The molecule has 1 atom stereocenters. The third-order valence-corrected chi connectivity index (χ3v) is 4.89. The zero-order valence-corrected chi connectivity index (χ0v) is 13.7. The Morgan fingerprint density at radius 3 is 3.08 bits per heavy atom. The fraction of sp³-hybridized carbons (Fsp3) is 0.375. The van der Waals surface area contributed by atoms with Crippen LogP contribution >= 0.6 is 11.3 Å². The Morgan fingerprint density at radius 2 is 2.38 bits per heavy atom. The first-order valence-electron chi connectivity index (χ1n) is 7.56. The molecule has 124 valence electrons. The predicted molar refractivity (Wildman–Crippen MR) is 87.2 cm³/mol. The fourth-order valence-corrected chi connectivity index (χ4v) is 3.61. The summed E-state index contributed by atoms with van der Waals surface area (Å²) in [6.45, 7) is 0.649. The molecule has 0 bridgehead atoms. The van der Waals surface area contributed by atoms with Crippen LogP contribution in [0.1, 0.15) is 24.1 Å². The van der Waals surface area contributed by atoms with Gasteiger partial charge in [-0.1, -0.05) is 0 Å². The number of aromatic hydroxyl groups is 1. The number of aliphatic hydroxyl groups is 1. The number of nitrogens with zero attached hydrogens (tertiary/aromatic N) is 4. The molecule has 2 N–H and O–H groups in total. The van der Waals surface area contributed by atoms with E-state index in [1.807, 2.05) is 6.07 Å². The van der Waals surface area contributed by atoms with Gasteiger partial charge in [0.1, 0.15) is 22.5 Å². The van der Waals surface area contributed by atoms with Gasteiger partial charge in [0, 0.05) is 24.2 Å². The maximum atomic E-state index is 12.4. The second kappa shape index (κ2) is 6.95. The van der Waals surface area contributed by atoms with Gasteiger partial charge >= 0.3 is 0 Å². The Labute approximate surface area is 142 Å². The molecule has 0 saturated carbocycles. The maximum absolute atomic E-state index is 12.4. The van der Waals surface area contributed by atoms with Crippen molar-refractivity contribution in [3.05, 3.63) is 28.9 Å². The lowest BCUT2D eigenvalue weighted by molar-refractivity contribution is -0.132. The highest BCUT2D eigenvalue weighted by atomic mass is 32.1. The Kier molecular flexibility index (Phi) is 4.74. The number of aromatic nitrogens is 2. The van der Waals surface area contributed by atoms with Crippen molar-refractivity contribution in [3.63, 3.8) is 0 Å². The second-order valence-corrected chi connectivity index (χ2v) is 6.45. The van der Waals surface area contributed by atoms with Gasteiger partial charge in [0.15, 0.2) is 0 Å². The van der Waals surface area contributed by atoms with Gasteiger partial charge in [-0.25, -0.2) is 9.97 Å². The van der Waals surface area contributed by atoms with E-state index in [9.17, 15) is 15.0 Å². The summed E-state index contributed by atoms with van der Waals surface area (Å²) in [5, 5.41) is 30.3. The highest BCUT2D eigenvalue weighted by Crippen LogP contribution is 2.30. The zero-order valence-electron chi connectivity index (χ0n) is 12.8. The van der Waals surface area contributed by atoms with E-state index in [4.69, 9.17) is 5.26 Å². The highest BCUT2D eigenvalue weighted by molar-refractivity contribution is 7.13. The SMILES string of the molecule is N#Cc1cnc(-c2nc(CC(=O)N3CCCC3CO)cs2)c(O)c1. The number of carbonyl (C=O) groups is 1. The van der Waals surface area contributed by atoms with Crippen LogP contribution in [0.2, 0.25) is 0 Å². The van der Waals surface area contributed by atoms with Crippen molar-refractivity contribution in [2.75, 3.05) is 13.2 Å². The van der Waals surface area contributed by atoms with Crippen LogP contribution in [0.3, 0.4) is 0 Å². The molecule has 8 heteroatoms. The highest BCUT2D eigenvalue weighted by Gasteiger charge is 2.28. The first-order valence-corrected chi connectivity index (χ1v) is 8.44. The number of amides is 1. The lowest BCUT2D eigenvalue weighted by atomic mass is 10.2. The molecule has 1 saturated heterocycles. The molecule has 0 radical (unpaired) electrons. The van der Waals surface area contributed by atoms with Gasteiger partial charge in [-0.15, -0.1) is 11.3 Å². The van der Waals surface area contributed by atoms with Crippen molar-refractivity contribution in [1.82, 2.24) is 14.9 Å². The predicted octanol–water partition coefficient (Wildman–Crippen LogP) is 1.31. The minimum absolute atomic E-state index is 0.0168. The second-order valence-electron chi connectivity index (χ2n) is 5.59. The molecule has 1 unspecified atom stereocenters. The quantitative estimate of drug-likeness (QED) is 0.865. The van der Waals surface area contributed by atoms with Crippen molar-refractivity contribution in [2.45, 2.75) is 25.3 Å². The van der Waals surface area contributed by atoms with Crippen LogP contribution in [0.4, 0.5) is 0 Å². The van der Waals surface area contributed by atoms with Crippen molar-refractivity contribution in [2.24, 2.45) is 0 Å². The molecule has 0 aliphatic carbocycles. The first kappa shape index (κ1) is 16.4. The molecule has 1 aliphatic heterocycles. The summed E-state index contributed by atoms with van der Waals surface area (Å²) in [6, 6.07) is 3.15. The molecule has 24 heavy (non-hydrogen) atoms. The number of hydrogen-bond acceptors (Lipinski definition) is 7. The van der Waals surface area contributed by atoms with Crippen LogP contribution in [0, 0.1) is 11.3 Å². The van der Waals surface area contributed by atoms with Crippen molar-refractivity contribution >= 4 is 17.2 Å². The van der Waals surface area contributed by atoms with Gasteiger partial charge in [0.05, 0.1) is 30.3 Å². The fourth-order valence-electron chi connectivity index (χ4n) is 2.79. The van der Waals surface area contributed by atoms with E-state index in [0.29, 0.717) is 22.9 Å². The Bertz CT molecular complexity index is 799. The van der Waals surface area contributed by atoms with Crippen molar-refractivity contribution < 1.29 is 15.0 Å². The topological polar surface area (TPSA) is 110 Å². The zero-order chi connectivity index (χ0) is 17.1. The van der Waals surface area contributed by atoms with Crippen molar-refractivity contribution in [1.29, 1.82) is 5.26 Å². The molecule has 2 aromatic heterocycles. The maximum Gasteiger partial charge on any atom is 0.228 e. The number of aliphatic hydroxyl groups excluding tert-OH is 1. The van der Waals surface area contributed by atoms with E-state index in [-0.39, 0.29) is 36.3 Å². The molecular formula is C16H16N4O3S. The van der Waals surface area contributed by atoms with Crippen LogP contribution in [0.25, 0.3) is 10.7 Å². The van der Waals surface area contributed by atoms with Crippen LogP contribution in [0.5, 0.6) is 5.75 Å². The lowest BCUT2D eigenvalue weighted by Crippen LogP contribution is -2.38. The normalized spacial score (nSPS) is 17.0. The molecule has 0 spiro atoms. The first-order chi connectivity index (χ1) is 11.6. The molecule has 7 nitrogen and oxygen atoms in total. The third-order valence-electron chi connectivity index (χ3n) is 3.99. The molecule has 0 aromatic carbocycles. The number of thiazole rings is 1. The number of carbonyl (C=O) groups excluding carboxylic acids is 1. The van der Waals surface area contributed by atoms with E-state index >= 15 is 0 Å². The Balaban J connectivity index is 1.74. The summed E-state index contributed by atoms with van der Waals surface area (Å²) < 4.78 is 0. The number of nitriles is 1. The van der Waals surface area contributed by atoms with Gasteiger partial charge in [-0.05, 0) is 12.8 Å². The molecule has 2 aromatic rings. The summed E-state index contributed by atoms with van der Waals surface area (Å²) in [5.41, 5.74) is 1.17. The van der Waals surface area contributed by atoms with Crippen LogP contribution in [-0.2, 0) is 11.2 Å². The van der Waals surface area contributed by atoms with Gasteiger partial charge in [0.2, 0.25) is 5.91 Å². The standard InChI is InChI=1S/C16H16N4O3S/c17-6-10-4-13(22)15(18-7-10)16-19-11(9-24-16)5-14(23)20-3-1-2-12(20)8-21/h4,7,9,12,21-22H,1-3,5,8H2. The number of hydrogen-bond donors (Lipinski definition) is 2. The monoisotopic (exact) mass is 344 g/mol. The van der Waals surface area contributed by atoms with Gasteiger partial charge in [-0.2, -0.15) is 5.26 Å². The average molecular weight is 344 g/mol. The number of likely N-dealkylation sites (tertiary alicyclic amines) is 1. The minimum atomic E-state index is -0.110. The molecular weight excluding hydrogens is 328 g/mol. The van der Waals surface area contributed by atoms with Gasteiger partial charge in [-0.3, -0.25) is 4.79 Å². The largest absolute Gasteiger partial charge is 0.506 e. The lowest BCUT2D eigenvalue weighted by Gasteiger charge is -2.22. The minimum Gasteiger partial charge on any atom is -0.506 e. The summed E-state index contributed by atoms with van der Waals surface area (Å²) in [4.78, 5) is 22.5. The molecule has 3 rings (SSSR count). The van der Waals surface area contributed by atoms with E-state index in [0.717, 1.165) is 12.8 Å². The summed E-state index contributed by atoms with van der Waals surface area (Å²) >= 11 is 1.28. The molecule has 3 heterocycles. The van der Waals surface area contributed by atoms with E-state index in [1.165, 1.54) is 23.6 Å². The van der Waals surface area contributed by atoms with E-state index < -0.39 is 0 Å². The van der Waals surface area contributed by atoms with E-state index in [1.54, 1.807) is 10.3 Å². The third kappa shape index (κ3) is 3.22. The number of pyridine rings is 1. The average Bonchev–Trinajstić information content (AvgIpc) is 3.23. The number of rotatable bonds is 4. The Morgan fingerprint density at radius 1 is 1.54 bits per heavy atom. The smallest absolute Gasteiger partial charge is 0.228 e. The summed E-state index contributed by atoms with van der Waals surface area (Å²) in [7, 11) is 0. The van der Waals surface area contributed by atoms with Crippen LogP contribution in [-0.4, -0.2) is 50.2 Å². The Hall–Kier alpha value is -2.50. The molecule has 1 fully saturated rings. The summed E-state index contributed by atoms with van der Waals surface area (Å²) in [6.07, 6.45) is 3.26. The van der Waals surface area contributed by atoms with Crippen LogP contribution < -0.4 is 0 Å². The van der Waals surface area contributed by atoms with Gasteiger partial charge in [0.25, 0.3) is 0 Å². The van der Waals surface area contributed by atoms with Crippen LogP contribution in [0.15, 0.2) is 17.6 Å². The van der Waals surface area contributed by atoms with Crippen molar-refractivity contribution in [3.8, 4) is 22.5 Å². The molecule has 1 amide bonds. The van der Waals surface area contributed by atoms with Gasteiger partial charge < -0.3 is 15.1 Å². The van der Waals surface area contributed by atoms with E-state index in [2.05, 4.69) is 9.97 Å².